The van der Waals surface area contributed by atoms with E-state index in [0.29, 0.717) is 0 Å². The Kier molecular flexibility index (Phi) is 4.76. The minimum absolute atomic E-state index is 0.0180. The predicted molar refractivity (Wildman–Crippen MR) is 85.3 cm³/mol. The summed E-state index contributed by atoms with van der Waals surface area (Å²) in [5, 5.41) is 0. The van der Waals surface area contributed by atoms with Gasteiger partial charge in [0.1, 0.15) is 5.82 Å². The standard InChI is InChI=1S/C18H23FN2/c1-18(2,3)15-8-6-14(7-9-15)17(21-20)12-13-4-10-16(19)11-5-13/h4-11,17,21H,12,20H2,1-3H3. The fourth-order valence-electron chi connectivity index (χ4n) is 2.34. The van der Waals surface area contributed by atoms with Crippen LogP contribution in [-0.2, 0) is 11.8 Å². The molecule has 0 saturated carbocycles. The van der Waals surface area contributed by atoms with E-state index in [1.54, 1.807) is 12.1 Å². The summed E-state index contributed by atoms with van der Waals surface area (Å²) >= 11 is 0. The van der Waals surface area contributed by atoms with Crippen LogP contribution in [0, 0.1) is 5.82 Å². The van der Waals surface area contributed by atoms with Crippen molar-refractivity contribution in [1.29, 1.82) is 0 Å². The van der Waals surface area contributed by atoms with Crippen LogP contribution in [0.1, 0.15) is 43.5 Å². The third-order valence-corrected chi connectivity index (χ3v) is 3.73. The summed E-state index contributed by atoms with van der Waals surface area (Å²) in [6.07, 6.45) is 0.728. The molecule has 0 amide bonds. The van der Waals surface area contributed by atoms with E-state index in [-0.39, 0.29) is 17.3 Å². The van der Waals surface area contributed by atoms with E-state index in [0.717, 1.165) is 17.5 Å². The van der Waals surface area contributed by atoms with Gasteiger partial charge < -0.3 is 0 Å². The fourth-order valence-corrected chi connectivity index (χ4v) is 2.34. The summed E-state index contributed by atoms with van der Waals surface area (Å²) in [4.78, 5) is 0. The molecule has 0 saturated heterocycles. The van der Waals surface area contributed by atoms with E-state index in [2.05, 4.69) is 50.5 Å². The molecule has 0 aromatic heterocycles. The molecule has 0 aliphatic carbocycles. The van der Waals surface area contributed by atoms with Crippen molar-refractivity contribution < 1.29 is 4.39 Å². The first-order chi connectivity index (χ1) is 9.90. The van der Waals surface area contributed by atoms with E-state index in [9.17, 15) is 4.39 Å². The van der Waals surface area contributed by atoms with Crippen LogP contribution < -0.4 is 11.3 Å². The van der Waals surface area contributed by atoms with Crippen molar-refractivity contribution in [1.82, 2.24) is 5.43 Å². The van der Waals surface area contributed by atoms with Gasteiger partial charge in [0.2, 0.25) is 0 Å². The molecule has 0 spiro atoms. The topological polar surface area (TPSA) is 38.0 Å². The quantitative estimate of drug-likeness (QED) is 0.661. The first-order valence-electron chi connectivity index (χ1n) is 7.21. The number of hydrazine groups is 1. The largest absolute Gasteiger partial charge is 0.271 e. The van der Waals surface area contributed by atoms with Crippen LogP contribution in [0.4, 0.5) is 4.39 Å². The van der Waals surface area contributed by atoms with Gasteiger partial charge in [-0.05, 0) is 40.7 Å². The summed E-state index contributed by atoms with van der Waals surface area (Å²) in [5.74, 6) is 5.47. The summed E-state index contributed by atoms with van der Waals surface area (Å²) < 4.78 is 12.9. The van der Waals surface area contributed by atoms with Gasteiger partial charge in [0.15, 0.2) is 0 Å². The molecule has 2 nitrogen and oxygen atoms in total. The zero-order valence-electron chi connectivity index (χ0n) is 12.9. The molecule has 2 aromatic rings. The molecule has 2 rings (SSSR count). The maximum atomic E-state index is 12.9. The molecule has 0 aliphatic rings. The Morgan fingerprint density at radius 2 is 1.57 bits per heavy atom. The van der Waals surface area contributed by atoms with Crippen LogP contribution in [0.15, 0.2) is 48.5 Å². The molecular weight excluding hydrogens is 263 g/mol. The van der Waals surface area contributed by atoms with Gasteiger partial charge in [-0.1, -0.05) is 57.2 Å². The molecule has 0 bridgehead atoms. The predicted octanol–water partition coefficient (Wildman–Crippen LogP) is 3.87. The summed E-state index contributed by atoms with van der Waals surface area (Å²) in [6, 6.07) is 15.1. The first-order valence-corrected chi connectivity index (χ1v) is 7.21. The van der Waals surface area contributed by atoms with Gasteiger partial charge in [0, 0.05) is 6.04 Å². The number of nitrogens with one attached hydrogen (secondary N) is 1. The van der Waals surface area contributed by atoms with Crippen molar-refractivity contribution in [2.75, 3.05) is 0 Å². The zero-order valence-corrected chi connectivity index (χ0v) is 12.9. The minimum atomic E-state index is -0.217. The average molecular weight is 286 g/mol. The number of hydrogen-bond acceptors (Lipinski definition) is 2. The van der Waals surface area contributed by atoms with Crippen LogP contribution >= 0.6 is 0 Å². The molecule has 0 aliphatic heterocycles. The molecular formula is C18H23FN2. The molecule has 1 unspecified atom stereocenters. The number of nitrogens with two attached hydrogens (primary N) is 1. The summed E-state index contributed by atoms with van der Waals surface area (Å²) in [5.41, 5.74) is 6.47. The lowest BCUT2D eigenvalue weighted by atomic mass is 9.86. The zero-order chi connectivity index (χ0) is 15.5. The Morgan fingerprint density at radius 1 is 1.00 bits per heavy atom. The highest BCUT2D eigenvalue weighted by Gasteiger charge is 2.15. The van der Waals surface area contributed by atoms with Crippen LogP contribution in [-0.4, -0.2) is 0 Å². The van der Waals surface area contributed by atoms with Gasteiger partial charge in [0.25, 0.3) is 0 Å². The third kappa shape index (κ3) is 4.13. The van der Waals surface area contributed by atoms with Crippen molar-refractivity contribution in [3.63, 3.8) is 0 Å². The Balaban J connectivity index is 2.15. The second-order valence-electron chi connectivity index (χ2n) is 6.42. The van der Waals surface area contributed by atoms with Crippen LogP contribution in [0.3, 0.4) is 0 Å². The van der Waals surface area contributed by atoms with Gasteiger partial charge in [-0.15, -0.1) is 0 Å². The fraction of sp³-hybridized carbons (Fsp3) is 0.333. The third-order valence-electron chi connectivity index (χ3n) is 3.73. The minimum Gasteiger partial charge on any atom is -0.271 e. The van der Waals surface area contributed by atoms with Gasteiger partial charge in [0.05, 0.1) is 0 Å². The Morgan fingerprint density at radius 3 is 2.05 bits per heavy atom. The Bertz CT molecular complexity index is 568. The molecule has 0 heterocycles. The van der Waals surface area contributed by atoms with Crippen molar-refractivity contribution in [3.05, 3.63) is 71.0 Å². The molecule has 0 fully saturated rings. The number of halogens is 1. The van der Waals surface area contributed by atoms with Gasteiger partial charge in [-0.2, -0.15) is 0 Å². The first kappa shape index (κ1) is 15.7. The SMILES string of the molecule is CC(C)(C)c1ccc(C(Cc2ccc(F)cc2)NN)cc1. The second kappa shape index (κ2) is 6.37. The Hall–Kier alpha value is -1.71. The molecule has 2 aromatic carbocycles. The van der Waals surface area contributed by atoms with Crippen molar-refractivity contribution in [3.8, 4) is 0 Å². The van der Waals surface area contributed by atoms with Crippen LogP contribution in [0.5, 0.6) is 0 Å². The molecule has 0 radical (unpaired) electrons. The summed E-state index contributed by atoms with van der Waals surface area (Å²) in [6.45, 7) is 6.58. The molecule has 112 valence electrons. The van der Waals surface area contributed by atoms with E-state index < -0.39 is 0 Å². The normalized spacial score (nSPS) is 13.2. The van der Waals surface area contributed by atoms with E-state index in [1.807, 2.05) is 0 Å². The maximum absolute atomic E-state index is 12.9. The molecule has 3 heteroatoms. The van der Waals surface area contributed by atoms with Gasteiger partial charge in [-0.25, -0.2) is 4.39 Å². The lowest BCUT2D eigenvalue weighted by molar-refractivity contribution is 0.548. The number of benzene rings is 2. The highest BCUT2D eigenvalue weighted by Crippen LogP contribution is 2.25. The van der Waals surface area contributed by atoms with Crippen LogP contribution in [0.2, 0.25) is 0 Å². The Labute approximate surface area is 126 Å². The monoisotopic (exact) mass is 286 g/mol. The van der Waals surface area contributed by atoms with E-state index >= 15 is 0 Å². The molecule has 21 heavy (non-hydrogen) atoms. The van der Waals surface area contributed by atoms with Crippen LogP contribution in [0.25, 0.3) is 0 Å². The highest BCUT2D eigenvalue weighted by molar-refractivity contribution is 5.30. The van der Waals surface area contributed by atoms with Crippen molar-refractivity contribution >= 4 is 0 Å². The maximum Gasteiger partial charge on any atom is 0.123 e. The second-order valence-corrected chi connectivity index (χ2v) is 6.42. The number of rotatable bonds is 4. The molecule has 1 atom stereocenters. The average Bonchev–Trinajstić information content (AvgIpc) is 2.46. The lowest BCUT2D eigenvalue weighted by Crippen LogP contribution is -2.29. The van der Waals surface area contributed by atoms with Gasteiger partial charge >= 0.3 is 0 Å². The van der Waals surface area contributed by atoms with E-state index in [1.165, 1.54) is 17.7 Å². The summed E-state index contributed by atoms with van der Waals surface area (Å²) in [7, 11) is 0. The van der Waals surface area contributed by atoms with Crippen molar-refractivity contribution in [2.24, 2.45) is 5.84 Å². The smallest absolute Gasteiger partial charge is 0.123 e. The van der Waals surface area contributed by atoms with Gasteiger partial charge in [-0.3, -0.25) is 11.3 Å². The van der Waals surface area contributed by atoms with E-state index in [4.69, 9.17) is 5.84 Å². The number of hydrogen-bond donors (Lipinski definition) is 2. The van der Waals surface area contributed by atoms with Crippen molar-refractivity contribution in [2.45, 2.75) is 38.6 Å². The highest BCUT2D eigenvalue weighted by atomic mass is 19.1. The molecule has 3 N–H and O–H groups in total. The lowest BCUT2D eigenvalue weighted by Gasteiger charge is -2.21.